The van der Waals surface area contributed by atoms with Crippen molar-refractivity contribution >= 4 is 11.9 Å². The zero-order valence-corrected chi connectivity index (χ0v) is 10.5. The molecular weight excluding hydrogens is 279 g/mol. The van der Waals surface area contributed by atoms with E-state index in [1.54, 1.807) is 5.32 Å². The van der Waals surface area contributed by atoms with Crippen LogP contribution in [0.4, 0.5) is 13.2 Å². The summed E-state index contributed by atoms with van der Waals surface area (Å²) in [5.74, 6) is -2.97. The van der Waals surface area contributed by atoms with Crippen LogP contribution in [0.1, 0.15) is 32.1 Å². The molecule has 2 aliphatic carbocycles. The second kappa shape index (κ2) is 3.66. The molecule has 0 aromatic carbocycles. The molecule has 0 aromatic rings. The Morgan fingerprint density at radius 3 is 2.20 bits per heavy atom. The van der Waals surface area contributed by atoms with E-state index in [1.807, 2.05) is 0 Å². The number of carbonyl (C=O) groups is 2. The Labute approximate surface area is 112 Å². The highest BCUT2D eigenvalue weighted by Crippen LogP contribution is 2.71. The molecule has 5 nitrogen and oxygen atoms in total. The number of ether oxygens (including phenoxy) is 1. The van der Waals surface area contributed by atoms with Crippen molar-refractivity contribution in [3.8, 4) is 0 Å². The molecule has 1 spiro atoms. The second-order valence-electron chi connectivity index (χ2n) is 6.05. The van der Waals surface area contributed by atoms with Crippen molar-refractivity contribution in [1.29, 1.82) is 0 Å². The molecule has 2 saturated heterocycles. The van der Waals surface area contributed by atoms with Gasteiger partial charge < -0.3 is 15.2 Å². The SMILES string of the molecule is O=C(NCC12CC(C(=O)O)(C1)C1(CCC1)O2)C(F)(F)F. The third-order valence-electron chi connectivity index (χ3n) is 4.93. The third kappa shape index (κ3) is 1.54. The van der Waals surface area contributed by atoms with E-state index in [0.717, 1.165) is 6.42 Å². The van der Waals surface area contributed by atoms with Gasteiger partial charge in [0.15, 0.2) is 0 Å². The van der Waals surface area contributed by atoms with Crippen LogP contribution in [-0.2, 0) is 14.3 Å². The predicted octanol–water partition coefficient (Wildman–Crippen LogP) is 1.22. The van der Waals surface area contributed by atoms with Gasteiger partial charge in [-0.2, -0.15) is 13.2 Å². The fourth-order valence-electron chi connectivity index (χ4n) is 3.88. The van der Waals surface area contributed by atoms with Crippen molar-refractivity contribution < 1.29 is 32.6 Å². The molecule has 2 N–H and O–H groups in total. The summed E-state index contributed by atoms with van der Waals surface area (Å²) in [6, 6.07) is 0. The Morgan fingerprint density at radius 2 is 1.85 bits per heavy atom. The number of carbonyl (C=O) groups excluding carboxylic acids is 1. The van der Waals surface area contributed by atoms with Crippen LogP contribution in [0, 0.1) is 5.41 Å². The molecule has 2 heterocycles. The van der Waals surface area contributed by atoms with Crippen molar-refractivity contribution in [1.82, 2.24) is 5.32 Å². The first-order valence-corrected chi connectivity index (χ1v) is 6.44. The first-order valence-electron chi connectivity index (χ1n) is 6.44. The lowest BCUT2D eigenvalue weighted by molar-refractivity contribution is -0.175. The summed E-state index contributed by atoms with van der Waals surface area (Å²) in [5, 5.41) is 11.2. The molecule has 0 unspecified atom stereocenters. The number of amides is 1. The van der Waals surface area contributed by atoms with E-state index in [4.69, 9.17) is 4.74 Å². The first kappa shape index (κ1) is 13.7. The van der Waals surface area contributed by atoms with Crippen LogP contribution in [-0.4, -0.2) is 40.9 Å². The molecule has 4 aliphatic rings. The van der Waals surface area contributed by atoms with E-state index < -0.39 is 34.7 Å². The van der Waals surface area contributed by atoms with Crippen LogP contribution in [0.3, 0.4) is 0 Å². The summed E-state index contributed by atoms with van der Waals surface area (Å²) < 4.78 is 42.3. The van der Waals surface area contributed by atoms with Gasteiger partial charge in [-0.05, 0) is 32.1 Å². The van der Waals surface area contributed by atoms with E-state index in [0.29, 0.717) is 12.8 Å². The molecule has 4 rings (SSSR count). The van der Waals surface area contributed by atoms with Gasteiger partial charge >= 0.3 is 18.1 Å². The molecular formula is C12H14F3NO4. The van der Waals surface area contributed by atoms with Gasteiger partial charge in [0, 0.05) is 6.54 Å². The van der Waals surface area contributed by atoms with Crippen LogP contribution in [0.25, 0.3) is 0 Å². The number of alkyl halides is 3. The quantitative estimate of drug-likeness (QED) is 0.820. The molecule has 0 atom stereocenters. The highest BCUT2D eigenvalue weighted by Gasteiger charge is 2.79. The lowest BCUT2D eigenvalue weighted by atomic mass is 9.51. The summed E-state index contributed by atoms with van der Waals surface area (Å²) in [6.45, 7) is -0.290. The van der Waals surface area contributed by atoms with Gasteiger partial charge in [-0.25, -0.2) is 0 Å². The lowest BCUT2D eigenvalue weighted by Gasteiger charge is -2.48. The zero-order chi connectivity index (χ0) is 14.8. The highest BCUT2D eigenvalue weighted by atomic mass is 19.4. The van der Waals surface area contributed by atoms with Gasteiger partial charge in [0.25, 0.3) is 0 Å². The fourth-order valence-corrected chi connectivity index (χ4v) is 3.88. The topological polar surface area (TPSA) is 75.6 Å². The summed E-state index contributed by atoms with van der Waals surface area (Å²) in [4.78, 5) is 22.3. The largest absolute Gasteiger partial charge is 0.481 e. The molecule has 8 heteroatoms. The Bertz CT molecular complexity index is 478. The van der Waals surface area contributed by atoms with Crippen molar-refractivity contribution in [2.45, 2.75) is 49.5 Å². The summed E-state index contributed by atoms with van der Waals surface area (Å²) in [6.07, 6.45) is -2.49. The van der Waals surface area contributed by atoms with Crippen molar-refractivity contribution in [3.05, 3.63) is 0 Å². The van der Waals surface area contributed by atoms with Gasteiger partial charge in [-0.15, -0.1) is 0 Å². The number of rotatable bonds is 3. The van der Waals surface area contributed by atoms with Crippen LogP contribution in [0.5, 0.6) is 0 Å². The molecule has 2 aliphatic heterocycles. The van der Waals surface area contributed by atoms with Crippen LogP contribution < -0.4 is 5.32 Å². The molecule has 2 saturated carbocycles. The minimum atomic E-state index is -4.93. The van der Waals surface area contributed by atoms with E-state index >= 15 is 0 Å². The second-order valence-corrected chi connectivity index (χ2v) is 6.05. The lowest BCUT2D eigenvalue weighted by Crippen LogP contribution is -2.59. The van der Waals surface area contributed by atoms with E-state index in [9.17, 15) is 27.9 Å². The number of carboxylic acid groups (broad SMARTS) is 1. The predicted molar refractivity (Wildman–Crippen MR) is 58.8 cm³/mol. The molecule has 112 valence electrons. The van der Waals surface area contributed by atoms with Crippen molar-refractivity contribution in [2.75, 3.05) is 6.54 Å². The Balaban J connectivity index is 1.69. The van der Waals surface area contributed by atoms with E-state index in [1.165, 1.54) is 0 Å². The standard InChI is InChI=1S/C12H14F3NO4/c13-12(14,15)7(17)16-6-9-4-10(5-9,8(18)19)11(20-9)2-1-3-11/h1-6H2,(H,16,17)(H,18,19). The average Bonchev–Trinajstić information content (AvgIpc) is 2.70. The number of halogens is 3. The summed E-state index contributed by atoms with van der Waals surface area (Å²) in [7, 11) is 0. The Kier molecular flexibility index (Phi) is 2.50. The van der Waals surface area contributed by atoms with Gasteiger partial charge in [0.2, 0.25) is 0 Å². The smallest absolute Gasteiger partial charge is 0.471 e. The minimum absolute atomic E-state index is 0.174. The zero-order valence-electron chi connectivity index (χ0n) is 10.5. The molecule has 4 fully saturated rings. The Morgan fingerprint density at radius 1 is 1.25 bits per heavy atom. The molecule has 20 heavy (non-hydrogen) atoms. The van der Waals surface area contributed by atoms with Gasteiger partial charge in [0.1, 0.15) is 5.41 Å². The van der Waals surface area contributed by atoms with Crippen molar-refractivity contribution in [3.63, 3.8) is 0 Å². The maximum atomic E-state index is 12.1. The van der Waals surface area contributed by atoms with Gasteiger partial charge in [0.05, 0.1) is 11.2 Å². The number of carboxylic acids is 1. The van der Waals surface area contributed by atoms with Gasteiger partial charge in [-0.3, -0.25) is 9.59 Å². The van der Waals surface area contributed by atoms with Crippen LogP contribution in [0.2, 0.25) is 0 Å². The molecule has 0 aromatic heterocycles. The first-order chi connectivity index (χ1) is 9.15. The summed E-state index contributed by atoms with van der Waals surface area (Å²) >= 11 is 0. The van der Waals surface area contributed by atoms with E-state index in [-0.39, 0.29) is 19.4 Å². The normalized spacial score (nSPS) is 37.1. The minimum Gasteiger partial charge on any atom is -0.481 e. The van der Waals surface area contributed by atoms with Crippen LogP contribution >= 0.6 is 0 Å². The average molecular weight is 293 g/mol. The number of nitrogens with one attached hydrogen (secondary N) is 1. The number of aliphatic carboxylic acids is 1. The Hall–Kier alpha value is -1.31. The monoisotopic (exact) mass is 293 g/mol. The van der Waals surface area contributed by atoms with Crippen molar-refractivity contribution in [2.24, 2.45) is 5.41 Å². The number of hydrogen-bond donors (Lipinski definition) is 2. The number of hydrogen-bond acceptors (Lipinski definition) is 3. The molecule has 1 amide bonds. The maximum Gasteiger partial charge on any atom is 0.471 e. The van der Waals surface area contributed by atoms with Gasteiger partial charge in [-0.1, -0.05) is 0 Å². The van der Waals surface area contributed by atoms with Crippen LogP contribution in [0.15, 0.2) is 0 Å². The molecule has 0 radical (unpaired) electrons. The highest BCUT2D eigenvalue weighted by molar-refractivity contribution is 5.82. The fraction of sp³-hybridized carbons (Fsp3) is 0.833. The molecule has 2 bridgehead atoms. The summed E-state index contributed by atoms with van der Waals surface area (Å²) in [5.41, 5.74) is -2.66. The van der Waals surface area contributed by atoms with E-state index in [2.05, 4.69) is 0 Å². The third-order valence-corrected chi connectivity index (χ3v) is 4.93. The maximum absolute atomic E-state index is 12.1.